The highest BCUT2D eigenvalue weighted by atomic mass is 79.9. The van der Waals surface area contributed by atoms with Gasteiger partial charge in [-0.25, -0.2) is 9.79 Å². The van der Waals surface area contributed by atoms with E-state index in [1.54, 1.807) is 49.5 Å². The van der Waals surface area contributed by atoms with Gasteiger partial charge in [0.05, 0.1) is 44.4 Å². The number of thioether (sulfide) groups is 1. The number of rotatable bonds is 8. The van der Waals surface area contributed by atoms with Gasteiger partial charge in [0.2, 0.25) is 0 Å². The molecule has 0 unspecified atom stereocenters. The molecular weight excluding hydrogens is 627 g/mol. The summed E-state index contributed by atoms with van der Waals surface area (Å²) in [7, 11) is 2.99. The van der Waals surface area contributed by atoms with Crippen LogP contribution < -0.4 is 9.47 Å². The van der Waals surface area contributed by atoms with Crippen molar-refractivity contribution in [1.82, 2.24) is 4.90 Å². The summed E-state index contributed by atoms with van der Waals surface area (Å²) in [5, 5.41) is 1.44. The van der Waals surface area contributed by atoms with E-state index >= 15 is 0 Å². The molecule has 0 aromatic heterocycles. The molecule has 39 heavy (non-hydrogen) atoms. The number of hydrogen-bond donors (Lipinski definition) is 0. The van der Waals surface area contributed by atoms with Crippen LogP contribution in [0.1, 0.15) is 28.4 Å². The molecule has 0 aliphatic carbocycles. The van der Waals surface area contributed by atoms with Crippen LogP contribution >= 0.6 is 50.9 Å². The fourth-order valence-corrected chi connectivity index (χ4v) is 5.44. The Morgan fingerprint density at radius 2 is 1.82 bits per heavy atom. The van der Waals surface area contributed by atoms with Crippen molar-refractivity contribution in [3.05, 3.63) is 90.7 Å². The molecule has 1 amide bonds. The first kappa shape index (κ1) is 29.0. The summed E-state index contributed by atoms with van der Waals surface area (Å²) in [4.78, 5) is 31.2. The highest BCUT2D eigenvalue weighted by Crippen LogP contribution is 2.40. The first-order valence-corrected chi connectivity index (χ1v) is 14.0. The first-order valence-electron chi connectivity index (χ1n) is 11.7. The quantitative estimate of drug-likeness (QED) is 0.183. The van der Waals surface area contributed by atoms with Gasteiger partial charge in [-0.15, -0.1) is 0 Å². The number of amidine groups is 1. The van der Waals surface area contributed by atoms with Gasteiger partial charge < -0.3 is 14.2 Å². The molecule has 1 aliphatic rings. The van der Waals surface area contributed by atoms with E-state index in [1.165, 1.54) is 23.8 Å². The summed E-state index contributed by atoms with van der Waals surface area (Å²) < 4.78 is 17.3. The van der Waals surface area contributed by atoms with Crippen LogP contribution in [0.15, 0.2) is 69.0 Å². The van der Waals surface area contributed by atoms with Crippen LogP contribution in [0.5, 0.6) is 11.5 Å². The lowest BCUT2D eigenvalue weighted by molar-refractivity contribution is -0.121. The number of likely N-dealkylation sites (N-methyl/N-ethyl adjacent to an activating group) is 1. The molecule has 1 fully saturated rings. The molecule has 202 valence electrons. The van der Waals surface area contributed by atoms with Crippen molar-refractivity contribution < 1.29 is 23.8 Å². The van der Waals surface area contributed by atoms with Gasteiger partial charge >= 0.3 is 5.97 Å². The van der Waals surface area contributed by atoms with Gasteiger partial charge in [0, 0.05) is 7.05 Å². The second-order valence-electron chi connectivity index (χ2n) is 8.21. The van der Waals surface area contributed by atoms with Crippen LogP contribution in [0.2, 0.25) is 10.0 Å². The Hall–Kier alpha value is -2.98. The average Bonchev–Trinajstić information content (AvgIpc) is 3.17. The molecule has 3 aromatic carbocycles. The minimum atomic E-state index is -0.426. The summed E-state index contributed by atoms with van der Waals surface area (Å²) in [6.45, 7) is 2.57. The lowest BCUT2D eigenvalue weighted by Crippen LogP contribution is -2.23. The number of esters is 1. The van der Waals surface area contributed by atoms with Crippen molar-refractivity contribution in [2.75, 3.05) is 20.8 Å². The maximum atomic E-state index is 13.0. The SMILES string of the molecule is CCOc1cc(/C=C2\SC(=Nc3ccc(C(=O)OC)cc3)N(C)C2=O)cc(Br)c1OCc1ccc(Cl)c(Cl)c1. The Morgan fingerprint density at radius 1 is 1.08 bits per heavy atom. The molecule has 1 saturated heterocycles. The van der Waals surface area contributed by atoms with Crippen molar-refractivity contribution in [2.45, 2.75) is 13.5 Å². The minimum absolute atomic E-state index is 0.182. The van der Waals surface area contributed by atoms with Crippen LogP contribution in [-0.2, 0) is 16.1 Å². The van der Waals surface area contributed by atoms with Crippen molar-refractivity contribution >= 4 is 79.7 Å². The lowest BCUT2D eigenvalue weighted by atomic mass is 10.1. The molecule has 1 heterocycles. The van der Waals surface area contributed by atoms with E-state index in [2.05, 4.69) is 20.9 Å². The molecule has 3 aromatic rings. The molecule has 4 rings (SSSR count). The summed E-state index contributed by atoms with van der Waals surface area (Å²) in [6, 6.07) is 15.6. The summed E-state index contributed by atoms with van der Waals surface area (Å²) >= 11 is 17.0. The normalized spacial score (nSPS) is 15.2. The van der Waals surface area contributed by atoms with Crippen LogP contribution in [0.4, 0.5) is 5.69 Å². The zero-order chi connectivity index (χ0) is 28.1. The van der Waals surface area contributed by atoms with Crippen molar-refractivity contribution in [1.29, 1.82) is 0 Å². The smallest absolute Gasteiger partial charge is 0.337 e. The maximum absolute atomic E-state index is 13.0. The largest absolute Gasteiger partial charge is 0.490 e. The first-order chi connectivity index (χ1) is 18.7. The number of amides is 1. The molecule has 0 saturated carbocycles. The number of carbonyl (C=O) groups is 2. The van der Waals surface area contributed by atoms with Crippen LogP contribution in [0, 0.1) is 0 Å². The number of methoxy groups -OCH3 is 1. The standard InChI is InChI=1S/C28H23BrCl2N2O5S/c1-4-37-23-13-17(11-20(29)25(23)38-15-16-5-10-21(30)22(31)12-16)14-24-26(34)33(2)28(39-24)32-19-8-6-18(7-9-19)27(35)36-3/h5-14H,4,15H2,1-3H3/b24-14-,32-28?. The molecule has 0 atom stereocenters. The van der Waals surface area contributed by atoms with Gasteiger partial charge in [0.25, 0.3) is 5.91 Å². The zero-order valence-electron chi connectivity index (χ0n) is 21.2. The third kappa shape index (κ3) is 6.97. The Balaban J connectivity index is 1.56. The van der Waals surface area contributed by atoms with Crippen LogP contribution in [-0.4, -0.2) is 42.7 Å². The summed E-state index contributed by atoms with van der Waals surface area (Å²) in [5.74, 6) is 0.455. The molecular formula is C28H23BrCl2N2O5S. The number of aliphatic imine (C=N–C) groups is 1. The summed E-state index contributed by atoms with van der Waals surface area (Å²) in [6.07, 6.45) is 1.78. The molecule has 7 nitrogen and oxygen atoms in total. The molecule has 1 aliphatic heterocycles. The van der Waals surface area contributed by atoms with Gasteiger partial charge in [0.15, 0.2) is 16.7 Å². The van der Waals surface area contributed by atoms with E-state index in [4.69, 9.17) is 37.4 Å². The van der Waals surface area contributed by atoms with Gasteiger partial charge in [-0.2, -0.15) is 0 Å². The Morgan fingerprint density at radius 3 is 2.49 bits per heavy atom. The minimum Gasteiger partial charge on any atom is -0.490 e. The van der Waals surface area contributed by atoms with Gasteiger partial charge in [-0.05, 0) is 100 Å². The third-order valence-corrected chi connectivity index (χ3v) is 7.90. The Kier molecular flexibility index (Phi) is 9.61. The third-order valence-electron chi connectivity index (χ3n) is 5.51. The van der Waals surface area contributed by atoms with E-state index in [9.17, 15) is 9.59 Å². The van der Waals surface area contributed by atoms with E-state index in [1.807, 2.05) is 25.1 Å². The van der Waals surface area contributed by atoms with E-state index in [0.717, 1.165) is 11.1 Å². The second-order valence-corrected chi connectivity index (χ2v) is 10.9. The summed E-state index contributed by atoms with van der Waals surface area (Å²) in [5.41, 5.74) is 2.63. The average molecular weight is 650 g/mol. The number of carbonyl (C=O) groups excluding carboxylic acids is 2. The van der Waals surface area contributed by atoms with E-state index in [0.29, 0.717) is 53.9 Å². The van der Waals surface area contributed by atoms with Gasteiger partial charge in [-0.1, -0.05) is 29.3 Å². The highest BCUT2D eigenvalue weighted by molar-refractivity contribution is 9.10. The van der Waals surface area contributed by atoms with Crippen molar-refractivity contribution in [3.8, 4) is 11.5 Å². The topological polar surface area (TPSA) is 77.4 Å². The molecule has 0 spiro atoms. The number of halogens is 3. The van der Waals surface area contributed by atoms with Gasteiger partial charge in [0.1, 0.15) is 6.61 Å². The van der Waals surface area contributed by atoms with E-state index in [-0.39, 0.29) is 12.5 Å². The zero-order valence-corrected chi connectivity index (χ0v) is 25.1. The van der Waals surface area contributed by atoms with Crippen molar-refractivity contribution in [3.63, 3.8) is 0 Å². The Bertz CT molecular complexity index is 1480. The molecule has 0 N–H and O–H groups in total. The monoisotopic (exact) mass is 648 g/mol. The molecule has 0 bridgehead atoms. The number of benzene rings is 3. The lowest BCUT2D eigenvalue weighted by Gasteiger charge is -2.15. The van der Waals surface area contributed by atoms with Crippen molar-refractivity contribution in [2.24, 2.45) is 4.99 Å². The van der Waals surface area contributed by atoms with Crippen LogP contribution in [0.25, 0.3) is 6.08 Å². The number of hydrogen-bond acceptors (Lipinski definition) is 7. The Labute approximate surface area is 248 Å². The highest BCUT2D eigenvalue weighted by Gasteiger charge is 2.30. The molecule has 11 heteroatoms. The number of ether oxygens (including phenoxy) is 3. The predicted octanol–water partition coefficient (Wildman–Crippen LogP) is 7.75. The maximum Gasteiger partial charge on any atom is 0.337 e. The van der Waals surface area contributed by atoms with Crippen LogP contribution in [0.3, 0.4) is 0 Å². The van der Waals surface area contributed by atoms with E-state index < -0.39 is 5.97 Å². The fourth-order valence-electron chi connectivity index (χ4n) is 3.56. The predicted molar refractivity (Wildman–Crippen MR) is 159 cm³/mol. The fraction of sp³-hybridized carbons (Fsp3) is 0.179. The molecule has 0 radical (unpaired) electrons. The second kappa shape index (κ2) is 12.9. The number of nitrogens with zero attached hydrogens (tertiary/aromatic N) is 2. The van der Waals surface area contributed by atoms with Gasteiger partial charge in [-0.3, -0.25) is 9.69 Å².